The average molecular weight is 292 g/mol. The maximum atomic E-state index is 2.28. The van der Waals surface area contributed by atoms with Crippen LogP contribution in [0.2, 0.25) is 0 Å². The molecule has 0 spiro atoms. The smallest absolute Gasteiger partial charge is 0.0184 e. The van der Waals surface area contributed by atoms with Crippen molar-refractivity contribution in [3.05, 3.63) is 71.8 Å². The molecular formula is C22H28. The lowest BCUT2D eigenvalue weighted by Crippen LogP contribution is -1.87. The van der Waals surface area contributed by atoms with Crippen LogP contribution >= 0.6 is 0 Å². The Morgan fingerprint density at radius 1 is 0.727 bits per heavy atom. The molecule has 0 saturated carbocycles. The largest absolute Gasteiger partial charge is 0.0917 e. The third-order valence-electron chi connectivity index (χ3n) is 4.15. The van der Waals surface area contributed by atoms with E-state index < -0.39 is 0 Å². The van der Waals surface area contributed by atoms with Gasteiger partial charge in [0.1, 0.15) is 0 Å². The Labute approximate surface area is 135 Å². The van der Waals surface area contributed by atoms with Crippen molar-refractivity contribution in [2.45, 2.75) is 52.4 Å². The third kappa shape index (κ3) is 5.18. The van der Waals surface area contributed by atoms with Crippen molar-refractivity contribution in [3.63, 3.8) is 0 Å². The number of hydrogen-bond acceptors (Lipinski definition) is 0. The number of benzene rings is 2. The van der Waals surface area contributed by atoms with Gasteiger partial charge in [0.15, 0.2) is 0 Å². The van der Waals surface area contributed by atoms with Crippen LogP contribution in [0.4, 0.5) is 0 Å². The molecule has 0 aliphatic heterocycles. The number of unbranched alkanes of at least 4 members (excludes halogenated alkanes) is 2. The van der Waals surface area contributed by atoms with Gasteiger partial charge < -0.3 is 0 Å². The summed E-state index contributed by atoms with van der Waals surface area (Å²) in [5.74, 6) is 0. The Kier molecular flexibility index (Phi) is 6.96. The van der Waals surface area contributed by atoms with E-state index in [9.17, 15) is 0 Å². The van der Waals surface area contributed by atoms with E-state index in [4.69, 9.17) is 0 Å². The van der Waals surface area contributed by atoms with Crippen LogP contribution < -0.4 is 0 Å². The summed E-state index contributed by atoms with van der Waals surface area (Å²) in [4.78, 5) is 0. The minimum atomic E-state index is 1.13. The van der Waals surface area contributed by atoms with Crippen molar-refractivity contribution in [1.29, 1.82) is 0 Å². The lowest BCUT2D eigenvalue weighted by molar-refractivity contribution is 0.717. The molecule has 2 aromatic carbocycles. The number of allylic oxidation sites excluding steroid dienone is 2. The fraction of sp³-hybridized carbons (Fsp3) is 0.364. The van der Waals surface area contributed by atoms with Gasteiger partial charge in [0.2, 0.25) is 0 Å². The van der Waals surface area contributed by atoms with E-state index in [1.807, 2.05) is 0 Å². The molecule has 0 bridgehead atoms. The summed E-state index contributed by atoms with van der Waals surface area (Å²) in [6.45, 7) is 4.33. The number of aryl methyl sites for hydroxylation is 2. The first-order chi connectivity index (χ1) is 10.8. The molecule has 2 aromatic rings. The first-order valence-electron chi connectivity index (χ1n) is 8.63. The summed E-state index contributed by atoms with van der Waals surface area (Å²) in [6, 6.07) is 18.1. The van der Waals surface area contributed by atoms with Gasteiger partial charge in [-0.1, -0.05) is 80.4 Å². The van der Waals surface area contributed by atoms with Crippen LogP contribution in [0, 0.1) is 0 Å². The van der Waals surface area contributed by atoms with E-state index in [0.29, 0.717) is 0 Å². The first-order valence-corrected chi connectivity index (χ1v) is 8.63. The van der Waals surface area contributed by atoms with E-state index in [2.05, 4.69) is 74.5 Å². The van der Waals surface area contributed by atoms with Gasteiger partial charge in [-0.15, -0.1) is 0 Å². The Hall–Kier alpha value is -1.82. The van der Waals surface area contributed by atoms with Crippen molar-refractivity contribution in [2.24, 2.45) is 0 Å². The van der Waals surface area contributed by atoms with E-state index in [1.54, 1.807) is 0 Å². The molecule has 0 heteroatoms. The van der Waals surface area contributed by atoms with Crippen molar-refractivity contribution < 1.29 is 0 Å². The monoisotopic (exact) mass is 292 g/mol. The maximum absolute atomic E-state index is 2.28. The zero-order chi connectivity index (χ0) is 15.6. The molecule has 0 aliphatic rings. The SMILES string of the molecule is C/C=C/CCc1ccc(-c2ccc(CCCCC)cc2)cc1. The quantitative estimate of drug-likeness (QED) is 0.380. The highest BCUT2D eigenvalue weighted by molar-refractivity contribution is 5.63. The van der Waals surface area contributed by atoms with Crippen LogP contribution in [0.25, 0.3) is 11.1 Å². The van der Waals surface area contributed by atoms with E-state index in [-0.39, 0.29) is 0 Å². The van der Waals surface area contributed by atoms with Gasteiger partial charge in [-0.05, 0) is 54.9 Å². The van der Waals surface area contributed by atoms with Crippen molar-refractivity contribution in [1.82, 2.24) is 0 Å². The maximum Gasteiger partial charge on any atom is -0.0184 e. The second kappa shape index (κ2) is 9.25. The Bertz CT molecular complexity index is 558. The topological polar surface area (TPSA) is 0 Å². The number of rotatable bonds is 8. The highest BCUT2D eigenvalue weighted by atomic mass is 14.0. The first kappa shape index (κ1) is 16.5. The molecule has 0 amide bonds. The van der Waals surface area contributed by atoms with Crippen molar-refractivity contribution in [2.75, 3.05) is 0 Å². The minimum Gasteiger partial charge on any atom is -0.0917 e. The molecule has 0 unspecified atom stereocenters. The molecule has 0 aromatic heterocycles. The zero-order valence-electron chi connectivity index (χ0n) is 14.0. The Balaban J connectivity index is 1.96. The lowest BCUT2D eigenvalue weighted by Gasteiger charge is -2.06. The molecule has 0 atom stereocenters. The predicted octanol–water partition coefficient (Wildman–Crippen LogP) is 6.60. The Morgan fingerprint density at radius 2 is 1.27 bits per heavy atom. The highest BCUT2D eigenvalue weighted by Crippen LogP contribution is 2.21. The van der Waals surface area contributed by atoms with Gasteiger partial charge in [-0.3, -0.25) is 0 Å². The Morgan fingerprint density at radius 3 is 1.77 bits per heavy atom. The molecule has 2 rings (SSSR count). The van der Waals surface area contributed by atoms with Crippen molar-refractivity contribution >= 4 is 0 Å². The molecule has 0 nitrogen and oxygen atoms in total. The molecule has 0 fully saturated rings. The van der Waals surface area contributed by atoms with Crippen LogP contribution in [-0.4, -0.2) is 0 Å². The van der Waals surface area contributed by atoms with Crippen LogP contribution in [0.5, 0.6) is 0 Å². The molecule has 0 saturated heterocycles. The van der Waals surface area contributed by atoms with Gasteiger partial charge in [-0.25, -0.2) is 0 Å². The molecule has 0 N–H and O–H groups in total. The summed E-state index contributed by atoms with van der Waals surface area (Å²) in [5.41, 5.74) is 5.51. The fourth-order valence-electron chi connectivity index (χ4n) is 2.72. The summed E-state index contributed by atoms with van der Waals surface area (Å²) in [6.07, 6.45) is 11.7. The second-order valence-corrected chi connectivity index (χ2v) is 5.96. The fourth-order valence-corrected chi connectivity index (χ4v) is 2.72. The second-order valence-electron chi connectivity index (χ2n) is 5.96. The van der Waals surface area contributed by atoms with Gasteiger partial charge in [0.05, 0.1) is 0 Å². The highest BCUT2D eigenvalue weighted by Gasteiger charge is 1.99. The van der Waals surface area contributed by atoms with Gasteiger partial charge in [0.25, 0.3) is 0 Å². The molecule has 0 heterocycles. The summed E-state index contributed by atoms with van der Waals surface area (Å²) >= 11 is 0. The summed E-state index contributed by atoms with van der Waals surface area (Å²) in [7, 11) is 0. The van der Waals surface area contributed by atoms with E-state index >= 15 is 0 Å². The van der Waals surface area contributed by atoms with Gasteiger partial charge in [0, 0.05) is 0 Å². The zero-order valence-corrected chi connectivity index (χ0v) is 14.0. The third-order valence-corrected chi connectivity index (χ3v) is 4.15. The standard InChI is InChI=1S/C22H28/c1-3-5-7-9-19-11-15-21(16-12-19)22-17-13-20(14-18-22)10-8-6-4-2/h3,5,11-18H,4,6-10H2,1-2H3/b5-3+. The summed E-state index contributed by atoms with van der Waals surface area (Å²) < 4.78 is 0. The van der Waals surface area contributed by atoms with E-state index in [1.165, 1.54) is 47.9 Å². The van der Waals surface area contributed by atoms with Crippen LogP contribution in [0.1, 0.15) is 50.7 Å². The summed E-state index contributed by atoms with van der Waals surface area (Å²) in [5, 5.41) is 0. The minimum absolute atomic E-state index is 1.13. The molecule has 116 valence electrons. The number of hydrogen-bond donors (Lipinski definition) is 0. The molecule has 0 aliphatic carbocycles. The van der Waals surface area contributed by atoms with Crippen LogP contribution in [0.15, 0.2) is 60.7 Å². The van der Waals surface area contributed by atoms with Crippen molar-refractivity contribution in [3.8, 4) is 11.1 Å². The van der Waals surface area contributed by atoms with Crippen LogP contribution in [0.3, 0.4) is 0 Å². The normalized spacial score (nSPS) is 11.2. The van der Waals surface area contributed by atoms with Gasteiger partial charge >= 0.3 is 0 Å². The lowest BCUT2D eigenvalue weighted by atomic mass is 9.99. The van der Waals surface area contributed by atoms with E-state index in [0.717, 1.165) is 12.8 Å². The average Bonchev–Trinajstić information content (AvgIpc) is 2.57. The molecule has 0 radical (unpaired) electrons. The van der Waals surface area contributed by atoms with Gasteiger partial charge in [-0.2, -0.15) is 0 Å². The molecule has 22 heavy (non-hydrogen) atoms. The predicted molar refractivity (Wildman–Crippen MR) is 98.2 cm³/mol. The molecular weight excluding hydrogens is 264 g/mol. The van der Waals surface area contributed by atoms with Crippen LogP contribution in [-0.2, 0) is 12.8 Å².